The minimum Gasteiger partial charge on any atom is -0.368 e. The first-order valence-electron chi connectivity index (χ1n) is 7.04. The predicted molar refractivity (Wildman–Crippen MR) is 77.0 cm³/mol. The molecule has 0 spiro atoms. The highest BCUT2D eigenvalue weighted by Crippen LogP contribution is 2.20. The summed E-state index contributed by atoms with van der Waals surface area (Å²) >= 11 is 0. The molecular weight excluding hydrogens is 236 g/mol. The lowest BCUT2D eigenvalue weighted by molar-refractivity contribution is 0.371. The van der Waals surface area contributed by atoms with Gasteiger partial charge in [0.05, 0.1) is 11.9 Å². The van der Waals surface area contributed by atoms with Gasteiger partial charge in [0.2, 0.25) is 0 Å². The lowest BCUT2D eigenvalue weighted by Gasteiger charge is -2.34. The molecule has 2 heterocycles. The lowest BCUT2D eigenvalue weighted by Crippen LogP contribution is -2.41. The summed E-state index contributed by atoms with van der Waals surface area (Å²) in [7, 11) is 0. The number of nitrogens with one attached hydrogen (secondary N) is 1. The predicted octanol–water partition coefficient (Wildman–Crippen LogP) is 2.17. The van der Waals surface area contributed by atoms with Gasteiger partial charge in [0.25, 0.3) is 0 Å². The molecule has 0 aliphatic carbocycles. The van der Waals surface area contributed by atoms with Gasteiger partial charge in [-0.25, -0.2) is 4.98 Å². The molecular formula is C15H22N4. The third-order valence-corrected chi connectivity index (χ3v) is 3.67. The number of anilines is 1. The zero-order valence-corrected chi connectivity index (χ0v) is 11.8. The molecule has 1 saturated heterocycles. The standard InChI is InChI=1S/C15H22N4/c1-12(2)19(11-13-4-3-7-17-9-13)15-6-5-14(8-16)18-10-15/h5-6,10,12-13,17H,3-4,7,9,11H2,1-2H3. The maximum atomic E-state index is 8.80. The van der Waals surface area contributed by atoms with Gasteiger partial charge in [0.1, 0.15) is 11.8 Å². The van der Waals surface area contributed by atoms with Gasteiger partial charge in [-0.1, -0.05) is 0 Å². The SMILES string of the molecule is CC(C)N(CC1CCCNC1)c1ccc(C#N)nc1. The van der Waals surface area contributed by atoms with E-state index in [1.54, 1.807) is 6.07 Å². The molecule has 0 aromatic carbocycles. The van der Waals surface area contributed by atoms with Gasteiger partial charge in [-0.2, -0.15) is 5.26 Å². The molecule has 2 rings (SSSR count). The van der Waals surface area contributed by atoms with Crippen molar-refractivity contribution in [1.29, 1.82) is 5.26 Å². The first kappa shape index (κ1) is 13.8. The zero-order chi connectivity index (χ0) is 13.7. The van der Waals surface area contributed by atoms with Crippen LogP contribution in [0.2, 0.25) is 0 Å². The zero-order valence-electron chi connectivity index (χ0n) is 11.8. The van der Waals surface area contributed by atoms with Gasteiger partial charge in [-0.15, -0.1) is 0 Å². The molecule has 4 nitrogen and oxygen atoms in total. The van der Waals surface area contributed by atoms with Crippen LogP contribution in [0.5, 0.6) is 0 Å². The van der Waals surface area contributed by atoms with Crippen molar-refractivity contribution in [3.63, 3.8) is 0 Å². The third kappa shape index (κ3) is 3.68. The number of nitrogens with zero attached hydrogens (tertiary/aromatic N) is 3. The van der Waals surface area contributed by atoms with Crippen molar-refractivity contribution in [2.45, 2.75) is 32.7 Å². The van der Waals surface area contributed by atoms with Crippen molar-refractivity contribution in [1.82, 2.24) is 10.3 Å². The van der Waals surface area contributed by atoms with Crippen LogP contribution < -0.4 is 10.2 Å². The van der Waals surface area contributed by atoms with Crippen LogP contribution in [0, 0.1) is 17.2 Å². The summed E-state index contributed by atoms with van der Waals surface area (Å²) in [5.41, 5.74) is 1.59. The Morgan fingerprint density at radius 1 is 1.53 bits per heavy atom. The average Bonchev–Trinajstić information content (AvgIpc) is 2.46. The summed E-state index contributed by atoms with van der Waals surface area (Å²) in [6.45, 7) is 7.71. The maximum absolute atomic E-state index is 8.80. The van der Waals surface area contributed by atoms with E-state index in [4.69, 9.17) is 5.26 Å². The number of hydrogen-bond donors (Lipinski definition) is 1. The molecule has 1 aromatic heterocycles. The monoisotopic (exact) mass is 258 g/mol. The number of aromatic nitrogens is 1. The van der Waals surface area contributed by atoms with E-state index >= 15 is 0 Å². The molecule has 1 aliphatic rings. The van der Waals surface area contributed by atoms with Crippen molar-refractivity contribution in [3.05, 3.63) is 24.0 Å². The molecule has 1 aliphatic heterocycles. The summed E-state index contributed by atoms with van der Waals surface area (Å²) in [4.78, 5) is 6.56. The van der Waals surface area contributed by atoms with Crippen molar-refractivity contribution in [2.24, 2.45) is 5.92 Å². The van der Waals surface area contributed by atoms with Crippen LogP contribution in [-0.4, -0.2) is 30.7 Å². The minimum atomic E-state index is 0.441. The molecule has 0 radical (unpaired) electrons. The first-order valence-corrected chi connectivity index (χ1v) is 7.04. The topological polar surface area (TPSA) is 52.0 Å². The van der Waals surface area contributed by atoms with E-state index in [2.05, 4.69) is 35.1 Å². The van der Waals surface area contributed by atoms with Crippen LogP contribution in [-0.2, 0) is 0 Å². The Bertz CT molecular complexity index is 426. The van der Waals surface area contributed by atoms with Crippen LogP contribution in [0.15, 0.2) is 18.3 Å². The lowest BCUT2D eigenvalue weighted by atomic mass is 9.98. The van der Waals surface area contributed by atoms with Gasteiger partial charge < -0.3 is 10.2 Å². The Balaban J connectivity index is 2.07. The second kappa shape index (κ2) is 6.53. The van der Waals surface area contributed by atoms with E-state index in [1.807, 2.05) is 12.3 Å². The number of hydrogen-bond acceptors (Lipinski definition) is 4. The average molecular weight is 258 g/mol. The summed E-state index contributed by atoms with van der Waals surface area (Å²) in [6, 6.07) is 6.30. The molecule has 0 saturated carbocycles. The van der Waals surface area contributed by atoms with E-state index in [0.717, 1.165) is 25.3 Å². The molecule has 4 heteroatoms. The molecule has 102 valence electrons. The fourth-order valence-electron chi connectivity index (χ4n) is 2.59. The van der Waals surface area contributed by atoms with Gasteiger partial charge in [0, 0.05) is 12.6 Å². The van der Waals surface area contributed by atoms with E-state index < -0.39 is 0 Å². The molecule has 1 N–H and O–H groups in total. The second-order valence-electron chi connectivity index (χ2n) is 5.47. The van der Waals surface area contributed by atoms with E-state index in [1.165, 1.54) is 12.8 Å². The fourth-order valence-corrected chi connectivity index (χ4v) is 2.59. The number of nitriles is 1. The van der Waals surface area contributed by atoms with Crippen LogP contribution in [0.3, 0.4) is 0 Å². The molecule has 1 unspecified atom stereocenters. The highest BCUT2D eigenvalue weighted by molar-refractivity contribution is 5.46. The number of piperidine rings is 1. The molecule has 1 atom stereocenters. The highest BCUT2D eigenvalue weighted by Gasteiger charge is 2.19. The van der Waals surface area contributed by atoms with Gasteiger partial charge >= 0.3 is 0 Å². The smallest absolute Gasteiger partial charge is 0.140 e. The molecule has 1 fully saturated rings. The number of rotatable bonds is 4. The molecule has 19 heavy (non-hydrogen) atoms. The Morgan fingerprint density at radius 3 is 2.89 bits per heavy atom. The van der Waals surface area contributed by atoms with Crippen LogP contribution in [0.25, 0.3) is 0 Å². The van der Waals surface area contributed by atoms with E-state index in [0.29, 0.717) is 17.7 Å². The summed E-state index contributed by atoms with van der Waals surface area (Å²) in [6.07, 6.45) is 4.37. The Kier molecular flexibility index (Phi) is 4.75. The Morgan fingerprint density at radius 2 is 2.37 bits per heavy atom. The van der Waals surface area contributed by atoms with E-state index in [9.17, 15) is 0 Å². The third-order valence-electron chi connectivity index (χ3n) is 3.67. The van der Waals surface area contributed by atoms with Crippen LogP contribution >= 0.6 is 0 Å². The van der Waals surface area contributed by atoms with Gasteiger partial charge in [-0.05, 0) is 57.8 Å². The molecule has 1 aromatic rings. The van der Waals surface area contributed by atoms with Gasteiger partial charge in [0.15, 0.2) is 0 Å². The van der Waals surface area contributed by atoms with Crippen LogP contribution in [0.4, 0.5) is 5.69 Å². The van der Waals surface area contributed by atoms with Crippen molar-refractivity contribution in [2.75, 3.05) is 24.5 Å². The fraction of sp³-hybridized carbons (Fsp3) is 0.600. The summed E-state index contributed by atoms with van der Waals surface area (Å²) < 4.78 is 0. The molecule has 0 amide bonds. The summed E-state index contributed by atoms with van der Waals surface area (Å²) in [5.74, 6) is 0.701. The van der Waals surface area contributed by atoms with Crippen molar-refractivity contribution in [3.8, 4) is 6.07 Å². The quantitative estimate of drug-likeness (QED) is 0.899. The second-order valence-corrected chi connectivity index (χ2v) is 5.47. The van der Waals surface area contributed by atoms with Crippen LogP contribution in [0.1, 0.15) is 32.4 Å². The minimum absolute atomic E-state index is 0.441. The summed E-state index contributed by atoms with van der Waals surface area (Å²) in [5, 5.41) is 12.3. The van der Waals surface area contributed by atoms with E-state index in [-0.39, 0.29) is 0 Å². The Labute approximate surface area is 115 Å². The normalized spacial score (nSPS) is 19.2. The Hall–Kier alpha value is -1.60. The maximum Gasteiger partial charge on any atom is 0.140 e. The first-order chi connectivity index (χ1) is 9.20. The van der Waals surface area contributed by atoms with Crippen molar-refractivity contribution >= 4 is 5.69 Å². The number of pyridine rings is 1. The molecule has 0 bridgehead atoms. The highest BCUT2D eigenvalue weighted by atomic mass is 15.2. The van der Waals surface area contributed by atoms with Crippen molar-refractivity contribution < 1.29 is 0 Å². The largest absolute Gasteiger partial charge is 0.368 e. The van der Waals surface area contributed by atoms with Gasteiger partial charge in [-0.3, -0.25) is 0 Å².